The third-order valence-corrected chi connectivity index (χ3v) is 5.56. The van der Waals surface area contributed by atoms with E-state index in [1.165, 1.54) is 10.4 Å². The van der Waals surface area contributed by atoms with Gasteiger partial charge in [-0.25, -0.2) is 8.42 Å². The Kier molecular flexibility index (Phi) is 4.47. The molecule has 0 saturated carbocycles. The van der Waals surface area contributed by atoms with E-state index >= 15 is 0 Å². The summed E-state index contributed by atoms with van der Waals surface area (Å²) in [5, 5.41) is 9.31. The number of aliphatic hydroxyl groups excluding tert-OH is 1. The maximum atomic E-state index is 12.6. The standard InChI is InChI=1S/C12H16ClNO4S/c1-9-8-18-10(7-15)6-14(9)19(16,17)12-5-3-2-4-11(12)13/h2-5,9-10,15H,6-8H2,1H3. The first-order valence-corrected chi connectivity index (χ1v) is 7.77. The van der Waals surface area contributed by atoms with Crippen LogP contribution in [0.4, 0.5) is 0 Å². The first kappa shape index (κ1) is 14.7. The van der Waals surface area contributed by atoms with Gasteiger partial charge < -0.3 is 9.84 Å². The number of nitrogens with zero attached hydrogens (tertiary/aromatic N) is 1. The van der Waals surface area contributed by atoms with E-state index in [-0.39, 0.29) is 35.7 Å². The zero-order valence-electron chi connectivity index (χ0n) is 10.5. The van der Waals surface area contributed by atoms with Gasteiger partial charge in [-0.1, -0.05) is 23.7 Å². The van der Waals surface area contributed by atoms with Crippen LogP contribution in [-0.4, -0.2) is 49.7 Å². The number of aliphatic hydroxyl groups is 1. The minimum absolute atomic E-state index is 0.0853. The molecule has 19 heavy (non-hydrogen) atoms. The molecule has 0 radical (unpaired) electrons. The first-order chi connectivity index (χ1) is 8.96. The van der Waals surface area contributed by atoms with Gasteiger partial charge in [-0.15, -0.1) is 0 Å². The summed E-state index contributed by atoms with van der Waals surface area (Å²) in [6.07, 6.45) is -0.492. The van der Waals surface area contributed by atoms with Gasteiger partial charge in [0.1, 0.15) is 4.90 Å². The van der Waals surface area contributed by atoms with Crippen LogP contribution in [0.1, 0.15) is 6.92 Å². The Morgan fingerprint density at radius 2 is 2.16 bits per heavy atom. The molecule has 0 bridgehead atoms. The Labute approximate surface area is 117 Å². The highest BCUT2D eigenvalue weighted by Crippen LogP contribution is 2.27. The summed E-state index contributed by atoms with van der Waals surface area (Å²) in [5.41, 5.74) is 0. The normalized spacial score (nSPS) is 25.4. The molecule has 7 heteroatoms. The summed E-state index contributed by atoms with van der Waals surface area (Å²) in [5.74, 6) is 0. The molecule has 0 aliphatic carbocycles. The lowest BCUT2D eigenvalue weighted by Gasteiger charge is -2.36. The van der Waals surface area contributed by atoms with E-state index in [2.05, 4.69) is 0 Å². The summed E-state index contributed by atoms with van der Waals surface area (Å²) in [4.78, 5) is 0.0853. The van der Waals surface area contributed by atoms with Crippen molar-refractivity contribution in [2.75, 3.05) is 19.8 Å². The highest BCUT2D eigenvalue weighted by molar-refractivity contribution is 7.89. The fraction of sp³-hybridized carbons (Fsp3) is 0.500. The van der Waals surface area contributed by atoms with Gasteiger partial charge in [0.25, 0.3) is 0 Å². The maximum absolute atomic E-state index is 12.6. The Balaban J connectivity index is 2.36. The molecule has 1 aliphatic heterocycles. The van der Waals surface area contributed by atoms with Crippen molar-refractivity contribution in [1.29, 1.82) is 0 Å². The number of hydrogen-bond acceptors (Lipinski definition) is 4. The van der Waals surface area contributed by atoms with Crippen LogP contribution >= 0.6 is 11.6 Å². The molecule has 5 nitrogen and oxygen atoms in total. The van der Waals surface area contributed by atoms with Gasteiger partial charge >= 0.3 is 0 Å². The molecule has 0 amide bonds. The van der Waals surface area contributed by atoms with Crippen LogP contribution in [0.2, 0.25) is 5.02 Å². The average Bonchev–Trinajstić information content (AvgIpc) is 2.39. The third kappa shape index (κ3) is 2.93. The maximum Gasteiger partial charge on any atom is 0.244 e. The van der Waals surface area contributed by atoms with Crippen molar-refractivity contribution >= 4 is 21.6 Å². The van der Waals surface area contributed by atoms with E-state index in [9.17, 15) is 8.42 Å². The average molecular weight is 306 g/mol. The van der Waals surface area contributed by atoms with Crippen molar-refractivity contribution in [3.05, 3.63) is 29.3 Å². The topological polar surface area (TPSA) is 66.8 Å². The minimum atomic E-state index is -3.67. The van der Waals surface area contributed by atoms with Crippen molar-refractivity contribution in [1.82, 2.24) is 4.31 Å². The van der Waals surface area contributed by atoms with Crippen molar-refractivity contribution in [3.8, 4) is 0 Å². The van der Waals surface area contributed by atoms with E-state index in [1.54, 1.807) is 25.1 Å². The molecule has 0 spiro atoms. The first-order valence-electron chi connectivity index (χ1n) is 5.95. The van der Waals surface area contributed by atoms with E-state index in [0.29, 0.717) is 0 Å². The highest BCUT2D eigenvalue weighted by atomic mass is 35.5. The second-order valence-corrected chi connectivity index (χ2v) is 6.76. The van der Waals surface area contributed by atoms with Crippen LogP contribution in [0.3, 0.4) is 0 Å². The van der Waals surface area contributed by atoms with Crippen LogP contribution in [0.15, 0.2) is 29.2 Å². The van der Waals surface area contributed by atoms with Gasteiger partial charge in [0.2, 0.25) is 10.0 Å². The largest absolute Gasteiger partial charge is 0.394 e. The molecular formula is C12H16ClNO4S. The van der Waals surface area contributed by atoms with Crippen LogP contribution in [0.25, 0.3) is 0 Å². The fourth-order valence-corrected chi connectivity index (χ4v) is 4.16. The molecule has 1 N–H and O–H groups in total. The number of morpholine rings is 1. The van der Waals surface area contributed by atoms with Crippen LogP contribution in [0, 0.1) is 0 Å². The van der Waals surface area contributed by atoms with E-state index < -0.39 is 16.1 Å². The Bertz CT molecular complexity index is 548. The number of rotatable bonds is 3. The van der Waals surface area contributed by atoms with Gasteiger partial charge in [0, 0.05) is 12.6 Å². The van der Waals surface area contributed by atoms with Crippen LogP contribution in [-0.2, 0) is 14.8 Å². The molecule has 2 atom stereocenters. The number of benzene rings is 1. The van der Waals surface area contributed by atoms with Crippen LogP contribution < -0.4 is 0 Å². The van der Waals surface area contributed by atoms with E-state index in [0.717, 1.165) is 0 Å². The van der Waals surface area contributed by atoms with Gasteiger partial charge in [0.05, 0.1) is 24.3 Å². The molecule has 0 aromatic heterocycles. The SMILES string of the molecule is CC1COC(CO)CN1S(=O)(=O)c1ccccc1Cl. The van der Waals surface area contributed by atoms with Gasteiger partial charge in [-0.05, 0) is 19.1 Å². The molecule has 1 aromatic rings. The predicted molar refractivity (Wildman–Crippen MR) is 71.6 cm³/mol. The number of halogens is 1. The van der Waals surface area contributed by atoms with E-state index in [1.807, 2.05) is 0 Å². The summed E-state index contributed by atoms with van der Waals surface area (Å²) in [6, 6.07) is 6.05. The Morgan fingerprint density at radius 3 is 2.79 bits per heavy atom. The van der Waals surface area contributed by atoms with Crippen molar-refractivity contribution < 1.29 is 18.3 Å². The van der Waals surface area contributed by atoms with Crippen molar-refractivity contribution in [2.45, 2.75) is 24.0 Å². The quantitative estimate of drug-likeness (QED) is 0.908. The number of hydrogen-bond donors (Lipinski definition) is 1. The zero-order chi connectivity index (χ0) is 14.0. The van der Waals surface area contributed by atoms with Crippen LogP contribution in [0.5, 0.6) is 0 Å². The minimum Gasteiger partial charge on any atom is -0.394 e. The highest BCUT2D eigenvalue weighted by Gasteiger charge is 2.36. The second-order valence-electron chi connectivity index (χ2n) is 4.49. The third-order valence-electron chi connectivity index (χ3n) is 3.08. The molecule has 2 rings (SSSR count). The smallest absolute Gasteiger partial charge is 0.244 e. The summed E-state index contributed by atoms with van der Waals surface area (Å²) < 4.78 is 31.8. The lowest BCUT2D eigenvalue weighted by atomic mass is 10.2. The van der Waals surface area contributed by atoms with Crippen molar-refractivity contribution in [3.63, 3.8) is 0 Å². The predicted octanol–water partition coefficient (Wildman–Crippen LogP) is 1.11. The van der Waals surface area contributed by atoms with E-state index in [4.69, 9.17) is 21.4 Å². The molecule has 1 heterocycles. The molecule has 1 saturated heterocycles. The fourth-order valence-electron chi connectivity index (χ4n) is 2.02. The van der Waals surface area contributed by atoms with Gasteiger partial charge in [-0.3, -0.25) is 0 Å². The monoisotopic (exact) mass is 305 g/mol. The van der Waals surface area contributed by atoms with Crippen molar-refractivity contribution in [2.24, 2.45) is 0 Å². The lowest BCUT2D eigenvalue weighted by molar-refractivity contribution is -0.0516. The summed E-state index contributed by atoms with van der Waals surface area (Å²) in [7, 11) is -3.67. The molecule has 2 unspecified atom stereocenters. The van der Waals surface area contributed by atoms with Gasteiger partial charge in [-0.2, -0.15) is 4.31 Å². The zero-order valence-corrected chi connectivity index (χ0v) is 12.1. The lowest BCUT2D eigenvalue weighted by Crippen LogP contribution is -2.51. The number of sulfonamides is 1. The Hall–Kier alpha value is -0.660. The molecule has 1 aliphatic rings. The van der Waals surface area contributed by atoms with Gasteiger partial charge in [0.15, 0.2) is 0 Å². The number of ether oxygens (including phenoxy) is 1. The second kappa shape index (κ2) is 5.76. The molecule has 1 fully saturated rings. The molecule has 1 aromatic carbocycles. The Morgan fingerprint density at radius 1 is 1.47 bits per heavy atom. The molecule has 106 valence electrons. The molecular weight excluding hydrogens is 290 g/mol. The summed E-state index contributed by atoms with van der Waals surface area (Å²) in [6.45, 7) is 1.95. The summed E-state index contributed by atoms with van der Waals surface area (Å²) >= 11 is 5.96.